The first-order valence-electron chi connectivity index (χ1n) is 9.91. The predicted octanol–water partition coefficient (Wildman–Crippen LogP) is 5.31. The van der Waals surface area contributed by atoms with Gasteiger partial charge in [0.05, 0.1) is 18.2 Å². The largest absolute Gasteiger partial charge is 0.345 e. The van der Waals surface area contributed by atoms with Crippen LogP contribution in [0.3, 0.4) is 0 Å². The van der Waals surface area contributed by atoms with Crippen molar-refractivity contribution in [3.8, 4) is 11.3 Å². The maximum Gasteiger partial charge on any atom is 0.251 e. The molecule has 1 aromatic heterocycles. The van der Waals surface area contributed by atoms with Gasteiger partial charge in [0.15, 0.2) is 5.13 Å². The summed E-state index contributed by atoms with van der Waals surface area (Å²) in [5, 5.41) is 8.29. The van der Waals surface area contributed by atoms with E-state index in [2.05, 4.69) is 15.6 Å². The fourth-order valence-electron chi connectivity index (χ4n) is 3.20. The average Bonchev–Trinajstić information content (AvgIpc) is 3.28. The topological polar surface area (TPSA) is 71.1 Å². The summed E-state index contributed by atoms with van der Waals surface area (Å²) in [4.78, 5) is 29.9. The highest BCUT2D eigenvalue weighted by Crippen LogP contribution is 2.25. The molecule has 0 aliphatic heterocycles. The lowest BCUT2D eigenvalue weighted by molar-refractivity contribution is -0.116. The molecule has 0 spiro atoms. The van der Waals surface area contributed by atoms with Crippen molar-refractivity contribution in [2.45, 2.75) is 12.5 Å². The molecular formula is C25H21N3O2S. The normalized spacial score (nSPS) is 11.5. The Morgan fingerprint density at radius 2 is 1.45 bits per heavy atom. The lowest BCUT2D eigenvalue weighted by Crippen LogP contribution is -2.31. The van der Waals surface area contributed by atoms with Crippen LogP contribution in [0.1, 0.15) is 28.4 Å². The number of benzene rings is 3. The van der Waals surface area contributed by atoms with E-state index in [1.54, 1.807) is 12.1 Å². The van der Waals surface area contributed by atoms with Crippen molar-refractivity contribution in [1.29, 1.82) is 0 Å². The molecule has 2 amide bonds. The molecular weight excluding hydrogens is 406 g/mol. The molecule has 31 heavy (non-hydrogen) atoms. The molecule has 6 heteroatoms. The van der Waals surface area contributed by atoms with Crippen LogP contribution in [-0.2, 0) is 4.79 Å². The molecule has 2 N–H and O–H groups in total. The summed E-state index contributed by atoms with van der Waals surface area (Å²) in [6.07, 6.45) is 0.100. The number of carbonyl (C=O) groups excluding carboxylic acids is 2. The zero-order chi connectivity index (χ0) is 21.5. The van der Waals surface area contributed by atoms with Crippen molar-refractivity contribution in [3.63, 3.8) is 0 Å². The van der Waals surface area contributed by atoms with E-state index in [0.29, 0.717) is 10.7 Å². The standard InChI is InChI=1S/C25H21N3O2S/c29-23(28-25-27-22(17-31-25)19-12-6-2-7-13-19)16-21(18-10-4-1-5-11-18)26-24(30)20-14-8-3-9-15-20/h1-15,17,21H,16H2,(H,26,30)(H,27,28,29)/t21-/m0/s1. The second kappa shape index (κ2) is 9.82. The van der Waals surface area contributed by atoms with E-state index in [0.717, 1.165) is 16.8 Å². The van der Waals surface area contributed by atoms with Crippen LogP contribution >= 0.6 is 11.3 Å². The molecule has 0 aliphatic rings. The third-order valence-electron chi connectivity index (χ3n) is 4.75. The number of hydrogen-bond acceptors (Lipinski definition) is 4. The Morgan fingerprint density at radius 3 is 2.13 bits per heavy atom. The smallest absolute Gasteiger partial charge is 0.251 e. The summed E-state index contributed by atoms with van der Waals surface area (Å²) in [6.45, 7) is 0. The van der Waals surface area contributed by atoms with Crippen molar-refractivity contribution >= 4 is 28.3 Å². The minimum atomic E-state index is -0.456. The number of amides is 2. The number of nitrogens with one attached hydrogen (secondary N) is 2. The van der Waals surface area contributed by atoms with Gasteiger partial charge in [-0.2, -0.15) is 0 Å². The first-order valence-corrected chi connectivity index (χ1v) is 10.8. The minimum Gasteiger partial charge on any atom is -0.345 e. The van der Waals surface area contributed by atoms with Gasteiger partial charge in [0, 0.05) is 16.5 Å². The van der Waals surface area contributed by atoms with Crippen LogP contribution in [-0.4, -0.2) is 16.8 Å². The van der Waals surface area contributed by atoms with Crippen LogP contribution in [0.5, 0.6) is 0 Å². The monoisotopic (exact) mass is 427 g/mol. The van der Waals surface area contributed by atoms with Gasteiger partial charge in [0.2, 0.25) is 5.91 Å². The van der Waals surface area contributed by atoms with Crippen molar-refractivity contribution in [2.24, 2.45) is 0 Å². The Morgan fingerprint density at radius 1 is 0.839 bits per heavy atom. The fraction of sp³-hybridized carbons (Fsp3) is 0.0800. The molecule has 0 unspecified atom stereocenters. The van der Waals surface area contributed by atoms with Gasteiger partial charge in [-0.15, -0.1) is 11.3 Å². The Balaban J connectivity index is 1.46. The van der Waals surface area contributed by atoms with Crippen molar-refractivity contribution in [1.82, 2.24) is 10.3 Å². The lowest BCUT2D eigenvalue weighted by atomic mass is 10.0. The molecule has 154 valence electrons. The van der Waals surface area contributed by atoms with E-state index in [1.165, 1.54) is 11.3 Å². The maximum absolute atomic E-state index is 12.8. The third kappa shape index (κ3) is 5.43. The van der Waals surface area contributed by atoms with E-state index in [-0.39, 0.29) is 18.2 Å². The second-order valence-corrected chi connectivity index (χ2v) is 7.82. The van der Waals surface area contributed by atoms with Gasteiger partial charge < -0.3 is 10.6 Å². The van der Waals surface area contributed by atoms with E-state index >= 15 is 0 Å². The molecule has 4 rings (SSSR count). The summed E-state index contributed by atoms with van der Waals surface area (Å²) in [7, 11) is 0. The predicted molar refractivity (Wildman–Crippen MR) is 124 cm³/mol. The summed E-state index contributed by atoms with van der Waals surface area (Å²) >= 11 is 1.38. The number of aromatic nitrogens is 1. The number of anilines is 1. The van der Waals surface area contributed by atoms with Gasteiger partial charge >= 0.3 is 0 Å². The number of carbonyl (C=O) groups is 2. The number of hydrogen-bond donors (Lipinski definition) is 2. The maximum atomic E-state index is 12.8. The quantitative estimate of drug-likeness (QED) is 0.420. The van der Waals surface area contributed by atoms with Crippen molar-refractivity contribution in [3.05, 3.63) is 108 Å². The molecule has 0 saturated carbocycles. The Labute approximate surface area is 184 Å². The summed E-state index contributed by atoms with van der Waals surface area (Å²) in [6, 6.07) is 27.8. The molecule has 0 saturated heterocycles. The van der Waals surface area contributed by atoms with Gasteiger partial charge in [-0.3, -0.25) is 9.59 Å². The Hall–Kier alpha value is -3.77. The average molecular weight is 428 g/mol. The molecule has 1 atom stereocenters. The first kappa shape index (κ1) is 20.5. The van der Waals surface area contributed by atoms with Crippen LogP contribution < -0.4 is 10.6 Å². The lowest BCUT2D eigenvalue weighted by Gasteiger charge is -2.19. The highest BCUT2D eigenvalue weighted by Gasteiger charge is 2.20. The third-order valence-corrected chi connectivity index (χ3v) is 5.51. The van der Waals surface area contributed by atoms with Gasteiger partial charge in [-0.1, -0.05) is 78.9 Å². The van der Waals surface area contributed by atoms with Gasteiger partial charge in [0.25, 0.3) is 5.91 Å². The highest BCUT2D eigenvalue weighted by molar-refractivity contribution is 7.14. The fourth-order valence-corrected chi connectivity index (χ4v) is 3.93. The number of rotatable bonds is 7. The number of nitrogens with zero attached hydrogens (tertiary/aromatic N) is 1. The minimum absolute atomic E-state index is 0.100. The zero-order valence-corrected chi connectivity index (χ0v) is 17.5. The summed E-state index contributed by atoms with van der Waals surface area (Å²) < 4.78 is 0. The van der Waals surface area contributed by atoms with Crippen LogP contribution in [0.2, 0.25) is 0 Å². The first-order chi connectivity index (χ1) is 15.2. The van der Waals surface area contributed by atoms with E-state index < -0.39 is 6.04 Å². The zero-order valence-electron chi connectivity index (χ0n) is 16.7. The van der Waals surface area contributed by atoms with E-state index in [4.69, 9.17) is 0 Å². The van der Waals surface area contributed by atoms with E-state index in [1.807, 2.05) is 84.2 Å². The Bertz CT molecular complexity index is 1150. The molecule has 4 aromatic rings. The van der Waals surface area contributed by atoms with Crippen molar-refractivity contribution in [2.75, 3.05) is 5.32 Å². The van der Waals surface area contributed by atoms with Crippen LogP contribution in [0.25, 0.3) is 11.3 Å². The Kier molecular flexibility index (Phi) is 6.50. The molecule has 0 bridgehead atoms. The van der Waals surface area contributed by atoms with Crippen LogP contribution in [0, 0.1) is 0 Å². The summed E-state index contributed by atoms with van der Waals surface area (Å²) in [5.74, 6) is -0.431. The van der Waals surface area contributed by atoms with Gasteiger partial charge in [-0.25, -0.2) is 4.98 Å². The molecule has 1 heterocycles. The van der Waals surface area contributed by atoms with Crippen molar-refractivity contribution < 1.29 is 9.59 Å². The number of thiazole rings is 1. The van der Waals surface area contributed by atoms with Gasteiger partial charge in [0.1, 0.15) is 0 Å². The van der Waals surface area contributed by atoms with Gasteiger partial charge in [-0.05, 0) is 17.7 Å². The second-order valence-electron chi connectivity index (χ2n) is 6.96. The molecule has 0 fully saturated rings. The highest BCUT2D eigenvalue weighted by atomic mass is 32.1. The molecule has 5 nitrogen and oxygen atoms in total. The SMILES string of the molecule is O=C(C[C@H](NC(=O)c1ccccc1)c1ccccc1)Nc1nc(-c2ccccc2)cs1. The van der Waals surface area contributed by atoms with Crippen LogP contribution in [0.15, 0.2) is 96.4 Å². The summed E-state index contributed by atoms with van der Waals surface area (Å²) in [5.41, 5.74) is 3.23. The molecule has 0 radical (unpaired) electrons. The molecule has 3 aromatic carbocycles. The van der Waals surface area contributed by atoms with Crippen LogP contribution in [0.4, 0.5) is 5.13 Å². The van der Waals surface area contributed by atoms with E-state index in [9.17, 15) is 9.59 Å². The molecule has 0 aliphatic carbocycles.